The molecule has 0 amide bonds. The van der Waals surface area contributed by atoms with E-state index in [0.29, 0.717) is 0 Å². The lowest BCUT2D eigenvalue weighted by molar-refractivity contribution is -0.599. The Balaban J connectivity index is 7.64. The second kappa shape index (κ2) is 11.0. The van der Waals surface area contributed by atoms with Gasteiger partial charge in [0.2, 0.25) is 0 Å². The van der Waals surface area contributed by atoms with Crippen molar-refractivity contribution in [3.8, 4) is 0 Å². The van der Waals surface area contributed by atoms with Crippen molar-refractivity contribution < 1.29 is 129 Å². The van der Waals surface area contributed by atoms with Crippen molar-refractivity contribution in [1.82, 2.24) is 0 Å². The van der Waals surface area contributed by atoms with Crippen molar-refractivity contribution in [2.45, 2.75) is 78.8 Å². The first kappa shape index (κ1) is 42.4. The van der Waals surface area contributed by atoms with Crippen LogP contribution >= 0.6 is 0 Å². The topological polar surface area (TPSA) is 44.8 Å². The van der Waals surface area contributed by atoms with Gasteiger partial charge in [-0.2, -0.15) is 115 Å². The Morgan fingerprint density at radius 1 is 0.422 bits per heavy atom. The molecule has 0 aliphatic rings. The number of halogens is 25. The van der Waals surface area contributed by atoms with E-state index in [1.807, 2.05) is 0 Å². The van der Waals surface area contributed by atoms with E-state index in [0.717, 1.165) is 0 Å². The van der Waals surface area contributed by atoms with Crippen LogP contribution in [0.4, 0.5) is 110 Å². The number of alkyl halides is 25. The van der Waals surface area contributed by atoms with Crippen LogP contribution in [0.1, 0.15) is 6.92 Å². The Bertz CT molecular complexity index is 1120. The fraction of sp³-hybridized carbons (Fsp3) is 0.812. The molecular formula is C16H5F25O4. The zero-order chi connectivity index (χ0) is 37.3. The van der Waals surface area contributed by atoms with Crippen molar-refractivity contribution in [2.24, 2.45) is 0 Å². The van der Waals surface area contributed by atoms with Gasteiger partial charge in [0.25, 0.3) is 0 Å². The molecule has 0 aromatic heterocycles. The Hall–Kier alpha value is -2.62. The van der Waals surface area contributed by atoms with Gasteiger partial charge >= 0.3 is 77.9 Å². The zero-order valence-electron chi connectivity index (χ0n) is 19.8. The summed E-state index contributed by atoms with van der Waals surface area (Å²) in [4.78, 5) is 14.0. The highest BCUT2D eigenvalue weighted by Crippen LogP contribution is 2.66. The van der Waals surface area contributed by atoms with E-state index in [-0.39, 0.29) is 6.92 Å². The lowest BCUT2D eigenvalue weighted by Crippen LogP contribution is -2.78. The molecule has 4 nitrogen and oxygen atoms in total. The summed E-state index contributed by atoms with van der Waals surface area (Å²) in [5.74, 6) is -76.9. The predicted molar refractivity (Wildman–Crippen MR) is 83.5 cm³/mol. The number of carbonyl (C=O) groups excluding carboxylic acids is 1. The lowest BCUT2D eigenvalue weighted by atomic mass is 9.87. The number of ether oxygens (including phenoxy) is 1. The van der Waals surface area contributed by atoms with E-state index in [4.69, 9.17) is 0 Å². The molecule has 29 heteroatoms. The van der Waals surface area contributed by atoms with Crippen LogP contribution in [-0.2, 0) is 19.3 Å². The summed E-state index contributed by atoms with van der Waals surface area (Å²) in [5, 5.41) is 0. The van der Waals surface area contributed by atoms with Crippen LogP contribution in [0, 0.1) is 0 Å². The number of rotatable bonds is 13. The number of hydrogen-bond donors (Lipinski definition) is 0. The number of carbonyl (C=O) groups is 1. The molecule has 0 heterocycles. The van der Waals surface area contributed by atoms with Gasteiger partial charge in [-0.15, -0.1) is 4.89 Å². The Labute approximate surface area is 227 Å². The molecule has 0 aliphatic carbocycles. The monoisotopic (exact) mass is 736 g/mol. The van der Waals surface area contributed by atoms with Gasteiger partial charge < -0.3 is 4.74 Å². The third kappa shape index (κ3) is 6.00. The summed E-state index contributed by atoms with van der Waals surface area (Å²) < 4.78 is 334. The first-order chi connectivity index (χ1) is 19.0. The van der Waals surface area contributed by atoms with Gasteiger partial charge in [-0.1, -0.05) is 6.58 Å². The van der Waals surface area contributed by atoms with Gasteiger partial charge in [-0.25, -0.2) is 4.79 Å². The SMILES string of the molecule is C=C(C)C(=O)OC(F)(F)C(F)(OOC(F)(F)C(F)(F)F)C(F)(F)C(F)(F)C(F)(F)C(F)(F)C(F)(F)C(F)(F)C(F)(F)C(F)(F)F. The van der Waals surface area contributed by atoms with E-state index in [1.54, 1.807) is 0 Å². The smallest absolute Gasteiger partial charge is 0.393 e. The van der Waals surface area contributed by atoms with Crippen molar-refractivity contribution >= 4 is 5.97 Å². The Morgan fingerprint density at radius 3 is 0.978 bits per heavy atom. The molecule has 268 valence electrons. The summed E-state index contributed by atoms with van der Waals surface area (Å²) in [5.41, 5.74) is -1.67. The summed E-state index contributed by atoms with van der Waals surface area (Å²) in [7, 11) is 0. The predicted octanol–water partition coefficient (Wildman–Crippen LogP) is 8.48. The van der Waals surface area contributed by atoms with Crippen molar-refractivity contribution in [3.63, 3.8) is 0 Å². The van der Waals surface area contributed by atoms with E-state index in [9.17, 15) is 115 Å². The zero-order valence-corrected chi connectivity index (χ0v) is 19.8. The second-order valence-corrected chi connectivity index (χ2v) is 7.98. The largest absolute Gasteiger partial charge is 0.485 e. The minimum atomic E-state index is -9.60. The molecule has 1 atom stereocenters. The highest BCUT2D eigenvalue weighted by atomic mass is 19.4. The van der Waals surface area contributed by atoms with Crippen LogP contribution < -0.4 is 0 Å². The average molecular weight is 736 g/mol. The molecule has 0 fully saturated rings. The minimum absolute atomic E-state index is 0.105. The summed E-state index contributed by atoms with van der Waals surface area (Å²) in [6.45, 7) is 2.39. The second-order valence-electron chi connectivity index (χ2n) is 7.98. The third-order valence-corrected chi connectivity index (χ3v) is 4.66. The van der Waals surface area contributed by atoms with Crippen LogP contribution in [0.15, 0.2) is 12.2 Å². The first-order valence-corrected chi connectivity index (χ1v) is 9.52. The maximum Gasteiger partial charge on any atom is 0.485 e. The van der Waals surface area contributed by atoms with Crippen LogP contribution in [0.3, 0.4) is 0 Å². The summed E-state index contributed by atoms with van der Waals surface area (Å²) in [6, 6.07) is 0. The Morgan fingerprint density at radius 2 is 0.711 bits per heavy atom. The minimum Gasteiger partial charge on any atom is -0.393 e. The molecule has 0 spiro atoms. The van der Waals surface area contributed by atoms with Gasteiger partial charge in [-0.05, 0) is 6.92 Å². The van der Waals surface area contributed by atoms with Crippen molar-refractivity contribution in [3.05, 3.63) is 12.2 Å². The van der Waals surface area contributed by atoms with Crippen molar-refractivity contribution in [1.29, 1.82) is 0 Å². The van der Waals surface area contributed by atoms with Crippen LogP contribution in [0.2, 0.25) is 0 Å². The third-order valence-electron chi connectivity index (χ3n) is 4.66. The molecule has 0 rings (SSSR count). The van der Waals surface area contributed by atoms with Gasteiger partial charge in [0, 0.05) is 5.57 Å². The maximum atomic E-state index is 14.7. The maximum absolute atomic E-state index is 14.7. The number of hydrogen-bond acceptors (Lipinski definition) is 4. The van der Waals surface area contributed by atoms with E-state index < -0.39 is 83.4 Å². The van der Waals surface area contributed by atoms with Crippen molar-refractivity contribution in [2.75, 3.05) is 0 Å². The normalized spacial score (nSPS) is 17.2. The summed E-state index contributed by atoms with van der Waals surface area (Å²) in [6.07, 6.45) is -31.1. The molecule has 0 bridgehead atoms. The van der Waals surface area contributed by atoms with Crippen LogP contribution in [-0.4, -0.2) is 77.9 Å². The van der Waals surface area contributed by atoms with Gasteiger partial charge in [0.05, 0.1) is 0 Å². The molecule has 45 heavy (non-hydrogen) atoms. The molecule has 0 aliphatic heterocycles. The van der Waals surface area contributed by atoms with Gasteiger partial charge in [0.15, 0.2) is 0 Å². The lowest BCUT2D eigenvalue weighted by Gasteiger charge is -2.45. The van der Waals surface area contributed by atoms with E-state index in [1.165, 1.54) is 9.78 Å². The van der Waals surface area contributed by atoms with E-state index in [2.05, 4.69) is 11.3 Å². The fourth-order valence-electron chi connectivity index (χ4n) is 2.08. The standard InChI is InChI=1S/C16H5F25O4/c1-3(2)4(42)43-15(38,39)12(31,44-45-16(40,41)14(35,36)37)10(27,28)8(23,24)6(19,20)5(17,18)7(21,22)9(25,26)11(29,30)13(32,33)34/h1H2,2H3. The van der Waals surface area contributed by atoms with Crippen LogP contribution in [0.5, 0.6) is 0 Å². The molecule has 0 aromatic carbocycles. The molecule has 0 N–H and O–H groups in total. The highest BCUT2D eigenvalue weighted by Gasteiger charge is 2.98. The number of esters is 1. The average Bonchev–Trinajstić information content (AvgIpc) is 2.79. The molecule has 1 unspecified atom stereocenters. The Kier molecular flexibility index (Phi) is 10.3. The molecular weight excluding hydrogens is 731 g/mol. The van der Waals surface area contributed by atoms with E-state index >= 15 is 0 Å². The molecule has 0 radical (unpaired) electrons. The molecule has 0 saturated carbocycles. The fourth-order valence-corrected chi connectivity index (χ4v) is 2.08. The van der Waals surface area contributed by atoms with Gasteiger partial charge in [-0.3, -0.25) is 0 Å². The van der Waals surface area contributed by atoms with Crippen LogP contribution in [0.25, 0.3) is 0 Å². The summed E-state index contributed by atoms with van der Waals surface area (Å²) >= 11 is 0. The quantitative estimate of drug-likeness (QED) is 0.0626. The van der Waals surface area contributed by atoms with Gasteiger partial charge in [0.1, 0.15) is 0 Å². The highest BCUT2D eigenvalue weighted by molar-refractivity contribution is 5.87. The molecule has 0 saturated heterocycles. The first-order valence-electron chi connectivity index (χ1n) is 9.52. The molecule has 0 aromatic rings.